The lowest BCUT2D eigenvalue weighted by atomic mass is 10.7. The van der Waals surface area contributed by atoms with E-state index in [2.05, 4.69) is 41.3 Å². The number of hydrogen-bond donors (Lipinski definition) is 0. The molecule has 10 heavy (non-hydrogen) atoms. The first-order valence-electron chi connectivity index (χ1n) is 2.36. The highest BCUT2D eigenvalue weighted by Crippen LogP contribution is 2.07. The molecule has 0 rings (SSSR count). The molecule has 0 N–H and O–H groups in total. The number of halogens is 2. The standard InChI is InChI=1S/C5H6Br2O3/c1-9-5(8)10-3-4(7)2-6/h2H,3H2,1H3. The van der Waals surface area contributed by atoms with E-state index in [0.717, 1.165) is 4.48 Å². The lowest BCUT2D eigenvalue weighted by Crippen LogP contribution is -2.04. The molecule has 0 spiro atoms. The second kappa shape index (κ2) is 5.73. The van der Waals surface area contributed by atoms with Crippen LogP contribution in [0.3, 0.4) is 0 Å². The van der Waals surface area contributed by atoms with Crippen LogP contribution in [0.25, 0.3) is 0 Å². The fourth-order valence-electron chi connectivity index (χ4n) is 0.218. The highest BCUT2D eigenvalue weighted by Gasteiger charge is 1.99. The van der Waals surface area contributed by atoms with Crippen LogP contribution in [-0.2, 0) is 9.47 Å². The number of hydrogen-bond acceptors (Lipinski definition) is 3. The zero-order valence-electron chi connectivity index (χ0n) is 5.27. The summed E-state index contributed by atoms with van der Waals surface area (Å²) in [6.07, 6.45) is -0.689. The maximum Gasteiger partial charge on any atom is 0.508 e. The normalized spacial score (nSPS) is 10.9. The number of rotatable bonds is 2. The third kappa shape index (κ3) is 4.81. The molecule has 0 aliphatic carbocycles. The molecule has 0 saturated carbocycles. The quantitative estimate of drug-likeness (QED) is 0.725. The molecule has 0 saturated heterocycles. The second-order valence-electron chi connectivity index (χ2n) is 1.30. The summed E-state index contributed by atoms with van der Waals surface area (Å²) in [5.74, 6) is 0. The van der Waals surface area contributed by atoms with Crippen LogP contribution < -0.4 is 0 Å². The van der Waals surface area contributed by atoms with E-state index in [1.165, 1.54) is 7.11 Å². The smallest absolute Gasteiger partial charge is 0.438 e. The first-order valence-corrected chi connectivity index (χ1v) is 4.07. The zero-order chi connectivity index (χ0) is 7.98. The van der Waals surface area contributed by atoms with Gasteiger partial charge in [0.2, 0.25) is 0 Å². The van der Waals surface area contributed by atoms with E-state index in [9.17, 15) is 4.79 Å². The average Bonchev–Trinajstić information content (AvgIpc) is 1.99. The molecule has 3 nitrogen and oxygen atoms in total. The molecule has 0 amide bonds. The molecule has 0 atom stereocenters. The lowest BCUT2D eigenvalue weighted by molar-refractivity contribution is 0.0814. The number of carbonyl (C=O) groups is 1. The van der Waals surface area contributed by atoms with Crippen molar-refractivity contribution < 1.29 is 14.3 Å². The van der Waals surface area contributed by atoms with Gasteiger partial charge in [-0.15, -0.1) is 0 Å². The predicted octanol–water partition coefficient (Wildman–Crippen LogP) is 2.40. The van der Waals surface area contributed by atoms with Gasteiger partial charge in [-0.2, -0.15) is 0 Å². The van der Waals surface area contributed by atoms with E-state index < -0.39 is 6.16 Å². The Morgan fingerprint density at radius 2 is 2.30 bits per heavy atom. The average molecular weight is 274 g/mol. The van der Waals surface area contributed by atoms with Gasteiger partial charge in [0.25, 0.3) is 0 Å². The van der Waals surface area contributed by atoms with Gasteiger partial charge in [-0.1, -0.05) is 31.9 Å². The molecule has 0 aliphatic rings. The van der Waals surface area contributed by atoms with Crippen molar-refractivity contribution in [3.63, 3.8) is 0 Å². The molecule has 0 aromatic heterocycles. The van der Waals surface area contributed by atoms with Crippen molar-refractivity contribution in [2.75, 3.05) is 13.7 Å². The molecule has 0 aromatic carbocycles. The third-order valence-electron chi connectivity index (χ3n) is 0.613. The summed E-state index contributed by atoms with van der Waals surface area (Å²) in [4.78, 5) is 11.9. The minimum Gasteiger partial charge on any atom is -0.438 e. The van der Waals surface area contributed by atoms with Gasteiger partial charge in [-0.05, 0) is 4.99 Å². The van der Waals surface area contributed by atoms with Crippen LogP contribution in [0.5, 0.6) is 0 Å². The Morgan fingerprint density at radius 3 is 2.70 bits per heavy atom. The van der Waals surface area contributed by atoms with Gasteiger partial charge in [0.1, 0.15) is 6.61 Å². The van der Waals surface area contributed by atoms with E-state index in [1.807, 2.05) is 0 Å². The first-order chi connectivity index (χ1) is 4.70. The Labute approximate surface area is 75.6 Å². The van der Waals surface area contributed by atoms with Gasteiger partial charge in [0.15, 0.2) is 0 Å². The van der Waals surface area contributed by atoms with Crippen LogP contribution in [0.1, 0.15) is 0 Å². The van der Waals surface area contributed by atoms with E-state index in [0.29, 0.717) is 0 Å². The molecule has 0 fully saturated rings. The van der Waals surface area contributed by atoms with Crippen molar-refractivity contribution in [2.24, 2.45) is 0 Å². The Bertz CT molecular complexity index is 144. The first kappa shape index (κ1) is 9.97. The predicted molar refractivity (Wildman–Crippen MR) is 44.3 cm³/mol. The Morgan fingerprint density at radius 1 is 1.70 bits per heavy atom. The van der Waals surface area contributed by atoms with Gasteiger partial charge in [0.05, 0.1) is 7.11 Å². The Kier molecular flexibility index (Phi) is 5.71. The summed E-state index contributed by atoms with van der Waals surface area (Å²) in [5, 5.41) is 0. The largest absolute Gasteiger partial charge is 0.508 e. The van der Waals surface area contributed by atoms with E-state index in [4.69, 9.17) is 0 Å². The molecule has 0 unspecified atom stereocenters. The summed E-state index contributed by atoms with van der Waals surface area (Å²) < 4.78 is 9.49. The van der Waals surface area contributed by atoms with Gasteiger partial charge in [-0.25, -0.2) is 4.79 Å². The van der Waals surface area contributed by atoms with Crippen LogP contribution in [0.2, 0.25) is 0 Å². The van der Waals surface area contributed by atoms with Crippen molar-refractivity contribution in [1.29, 1.82) is 0 Å². The maximum atomic E-state index is 10.3. The molecule has 0 bridgehead atoms. The van der Waals surface area contributed by atoms with E-state index in [1.54, 1.807) is 4.99 Å². The molecular weight excluding hydrogens is 268 g/mol. The number of ether oxygens (including phenoxy) is 2. The lowest BCUT2D eigenvalue weighted by Gasteiger charge is -1.99. The van der Waals surface area contributed by atoms with Crippen molar-refractivity contribution in [3.05, 3.63) is 9.47 Å². The molecule has 0 aromatic rings. The van der Waals surface area contributed by atoms with E-state index in [-0.39, 0.29) is 6.61 Å². The van der Waals surface area contributed by atoms with Crippen molar-refractivity contribution >= 4 is 38.0 Å². The molecule has 5 heteroatoms. The number of carbonyl (C=O) groups excluding carboxylic acids is 1. The third-order valence-corrected chi connectivity index (χ3v) is 2.24. The van der Waals surface area contributed by atoms with Crippen LogP contribution in [0.4, 0.5) is 4.79 Å². The monoisotopic (exact) mass is 272 g/mol. The molecular formula is C5H6Br2O3. The van der Waals surface area contributed by atoms with Crippen LogP contribution in [-0.4, -0.2) is 19.9 Å². The highest BCUT2D eigenvalue weighted by atomic mass is 79.9. The summed E-state index contributed by atoms with van der Waals surface area (Å²) in [6.45, 7) is 0.178. The SMILES string of the molecule is COC(=O)OCC(Br)=CBr. The maximum absolute atomic E-state index is 10.3. The topological polar surface area (TPSA) is 35.5 Å². The van der Waals surface area contributed by atoms with Gasteiger partial charge in [-0.3, -0.25) is 0 Å². The fraction of sp³-hybridized carbons (Fsp3) is 0.400. The highest BCUT2D eigenvalue weighted by molar-refractivity contribution is 9.14. The van der Waals surface area contributed by atoms with Gasteiger partial charge in [0, 0.05) is 4.48 Å². The summed E-state index contributed by atoms with van der Waals surface area (Å²) in [7, 11) is 1.26. The van der Waals surface area contributed by atoms with Crippen molar-refractivity contribution in [3.8, 4) is 0 Å². The fourth-order valence-corrected chi connectivity index (χ4v) is 0.465. The second-order valence-corrected chi connectivity index (χ2v) is 2.78. The van der Waals surface area contributed by atoms with Crippen LogP contribution >= 0.6 is 31.9 Å². The molecule has 58 valence electrons. The molecule has 0 radical (unpaired) electrons. The van der Waals surface area contributed by atoms with Crippen molar-refractivity contribution in [2.45, 2.75) is 0 Å². The molecule has 0 aliphatic heterocycles. The van der Waals surface area contributed by atoms with Crippen molar-refractivity contribution in [1.82, 2.24) is 0 Å². The zero-order valence-corrected chi connectivity index (χ0v) is 8.44. The summed E-state index contributed by atoms with van der Waals surface area (Å²) in [6, 6.07) is 0. The van der Waals surface area contributed by atoms with Gasteiger partial charge >= 0.3 is 6.16 Å². The summed E-state index contributed by atoms with van der Waals surface area (Å²) >= 11 is 6.16. The molecule has 0 heterocycles. The minimum atomic E-state index is -0.689. The van der Waals surface area contributed by atoms with Crippen LogP contribution in [0.15, 0.2) is 9.47 Å². The van der Waals surface area contributed by atoms with Crippen LogP contribution in [0, 0.1) is 0 Å². The van der Waals surface area contributed by atoms with E-state index >= 15 is 0 Å². The minimum absolute atomic E-state index is 0.178. The summed E-state index contributed by atoms with van der Waals surface area (Å²) in [5.41, 5.74) is 0. The number of methoxy groups -OCH3 is 1. The van der Waals surface area contributed by atoms with Gasteiger partial charge < -0.3 is 9.47 Å². The Hall–Kier alpha value is -0.0300. The Balaban J connectivity index is 3.45.